The van der Waals surface area contributed by atoms with Gasteiger partial charge < -0.3 is 24.3 Å². The Kier molecular flexibility index (Phi) is 7.16. The van der Waals surface area contributed by atoms with Crippen LogP contribution in [0.3, 0.4) is 0 Å². The summed E-state index contributed by atoms with van der Waals surface area (Å²) in [6, 6.07) is 15.6. The Balaban J connectivity index is 1.38. The molecule has 42 heavy (non-hydrogen) atoms. The molecule has 0 aliphatic carbocycles. The molecule has 1 unspecified atom stereocenters. The standard InChI is InChI=1S/C32H36N4O6/c1-18(2)30(19-8-11-27(41-3)28(15-19)42-4)33-32(38)24-14-20-13-23(36(39)40)9-10-26(20)35-16-21-12-22(31(24)35)17-34-25(21)6-5-7-29(34)37/h5-11,13,15,18,21-22,24,30-31H,12,14,16-17H2,1-4H3,(H,33,38)/t21-,22-,24+,30?,31-/m0/s1. The number of rotatable bonds is 7. The van der Waals surface area contributed by atoms with Gasteiger partial charge in [0.1, 0.15) is 0 Å². The maximum Gasteiger partial charge on any atom is 0.269 e. The maximum absolute atomic E-state index is 14.3. The third-order valence-electron chi connectivity index (χ3n) is 9.27. The number of carbonyl (C=O) groups is 1. The van der Waals surface area contributed by atoms with E-state index in [-0.39, 0.29) is 51.9 Å². The first-order valence-electron chi connectivity index (χ1n) is 14.5. The quantitative estimate of drug-likeness (QED) is 0.328. The number of nitro benzene ring substituents is 1. The number of hydrogen-bond acceptors (Lipinski definition) is 7. The van der Waals surface area contributed by atoms with Crippen molar-refractivity contribution in [1.82, 2.24) is 9.88 Å². The van der Waals surface area contributed by atoms with Crippen molar-refractivity contribution in [2.75, 3.05) is 25.7 Å². The molecule has 2 aromatic carbocycles. The number of pyridine rings is 1. The first kappa shape index (κ1) is 27.8. The molecule has 1 N–H and O–H groups in total. The minimum Gasteiger partial charge on any atom is -0.493 e. The van der Waals surface area contributed by atoms with Crippen LogP contribution >= 0.6 is 0 Å². The molecule has 1 amide bonds. The normalized spacial score (nSPS) is 22.8. The number of benzene rings is 2. The fourth-order valence-corrected chi connectivity index (χ4v) is 7.39. The van der Waals surface area contributed by atoms with E-state index in [0.717, 1.165) is 28.9 Å². The second kappa shape index (κ2) is 10.8. The van der Waals surface area contributed by atoms with Crippen LogP contribution < -0.4 is 25.2 Å². The summed E-state index contributed by atoms with van der Waals surface area (Å²) < 4.78 is 12.8. The Morgan fingerprint density at radius 2 is 1.83 bits per heavy atom. The van der Waals surface area contributed by atoms with Gasteiger partial charge in [0.2, 0.25) is 5.91 Å². The molecule has 0 saturated carbocycles. The first-order valence-corrected chi connectivity index (χ1v) is 14.5. The lowest BCUT2D eigenvalue weighted by Gasteiger charge is -2.54. The van der Waals surface area contributed by atoms with Gasteiger partial charge in [0.05, 0.1) is 31.1 Å². The van der Waals surface area contributed by atoms with Crippen molar-refractivity contribution in [1.29, 1.82) is 0 Å². The molecule has 4 heterocycles. The molecule has 10 nitrogen and oxygen atoms in total. The predicted octanol–water partition coefficient (Wildman–Crippen LogP) is 4.45. The van der Waals surface area contributed by atoms with Crippen molar-refractivity contribution in [3.63, 3.8) is 0 Å². The summed E-state index contributed by atoms with van der Waals surface area (Å²) in [6.45, 7) is 5.30. The van der Waals surface area contributed by atoms with Crippen molar-refractivity contribution < 1.29 is 19.2 Å². The van der Waals surface area contributed by atoms with Crippen LogP contribution in [0.5, 0.6) is 11.5 Å². The number of amides is 1. The van der Waals surface area contributed by atoms with Crippen molar-refractivity contribution in [3.8, 4) is 11.5 Å². The van der Waals surface area contributed by atoms with Gasteiger partial charge in [-0.3, -0.25) is 19.7 Å². The van der Waals surface area contributed by atoms with Gasteiger partial charge in [0, 0.05) is 54.6 Å². The highest BCUT2D eigenvalue weighted by Gasteiger charge is 2.49. The van der Waals surface area contributed by atoms with E-state index in [4.69, 9.17) is 9.47 Å². The van der Waals surface area contributed by atoms with E-state index < -0.39 is 5.92 Å². The molecule has 0 spiro atoms. The second-order valence-corrected chi connectivity index (χ2v) is 12.0. The number of piperidine rings is 1. The molecule has 220 valence electrons. The smallest absolute Gasteiger partial charge is 0.269 e. The van der Waals surface area contributed by atoms with E-state index in [9.17, 15) is 19.7 Å². The molecule has 6 rings (SSSR count). The first-order chi connectivity index (χ1) is 20.2. The molecule has 1 aromatic heterocycles. The number of carbonyl (C=O) groups excluding carboxylic acids is 1. The number of hydrogen-bond donors (Lipinski definition) is 1. The minimum atomic E-state index is -0.451. The van der Waals surface area contributed by atoms with E-state index >= 15 is 0 Å². The monoisotopic (exact) mass is 572 g/mol. The lowest BCUT2D eigenvalue weighted by atomic mass is 9.70. The van der Waals surface area contributed by atoms with Crippen molar-refractivity contribution in [3.05, 3.63) is 91.9 Å². The highest BCUT2D eigenvalue weighted by molar-refractivity contribution is 5.83. The minimum absolute atomic E-state index is 0.0168. The van der Waals surface area contributed by atoms with Crippen LogP contribution in [-0.2, 0) is 17.8 Å². The molecular weight excluding hydrogens is 536 g/mol. The van der Waals surface area contributed by atoms with Crippen LogP contribution in [0.1, 0.15) is 49.0 Å². The average molecular weight is 573 g/mol. The number of non-ortho nitro benzene ring substituents is 1. The van der Waals surface area contributed by atoms with Gasteiger partial charge in [0.25, 0.3) is 11.2 Å². The van der Waals surface area contributed by atoms with Crippen molar-refractivity contribution >= 4 is 17.3 Å². The summed E-state index contributed by atoms with van der Waals surface area (Å²) in [5.74, 6) is 0.942. The van der Waals surface area contributed by atoms with Gasteiger partial charge in [-0.2, -0.15) is 0 Å². The zero-order chi connectivity index (χ0) is 29.7. The summed E-state index contributed by atoms with van der Waals surface area (Å²) in [4.78, 5) is 40.7. The van der Waals surface area contributed by atoms with E-state index in [0.29, 0.717) is 31.0 Å². The van der Waals surface area contributed by atoms with Crippen LogP contribution in [0.2, 0.25) is 0 Å². The van der Waals surface area contributed by atoms with Crippen LogP contribution in [0.25, 0.3) is 0 Å². The zero-order valence-corrected chi connectivity index (χ0v) is 24.3. The fraction of sp³-hybridized carbons (Fsp3) is 0.438. The highest BCUT2D eigenvalue weighted by atomic mass is 16.6. The van der Waals surface area contributed by atoms with Crippen LogP contribution in [0.15, 0.2) is 59.4 Å². The molecule has 3 aliphatic rings. The Hall–Kier alpha value is -4.34. The molecular formula is C32H36N4O6. The number of aromatic nitrogens is 1. The number of nitrogens with one attached hydrogen (secondary N) is 1. The number of anilines is 1. The molecule has 0 radical (unpaired) electrons. The van der Waals surface area contributed by atoms with Gasteiger partial charge in [-0.1, -0.05) is 26.0 Å². The molecule has 3 aliphatic heterocycles. The highest BCUT2D eigenvalue weighted by Crippen LogP contribution is 2.48. The van der Waals surface area contributed by atoms with E-state index in [1.54, 1.807) is 32.4 Å². The van der Waals surface area contributed by atoms with Gasteiger partial charge in [-0.15, -0.1) is 0 Å². The summed E-state index contributed by atoms with van der Waals surface area (Å²) in [6.07, 6.45) is 1.28. The molecule has 1 saturated heterocycles. The zero-order valence-electron chi connectivity index (χ0n) is 24.3. The lowest BCUT2D eigenvalue weighted by Crippen LogP contribution is -2.61. The van der Waals surface area contributed by atoms with E-state index in [1.807, 2.05) is 41.0 Å². The average Bonchev–Trinajstić information content (AvgIpc) is 2.99. The van der Waals surface area contributed by atoms with Crippen LogP contribution in [0.4, 0.5) is 11.4 Å². The summed E-state index contributed by atoms with van der Waals surface area (Å²) in [5.41, 5.74) is 3.67. The summed E-state index contributed by atoms with van der Waals surface area (Å²) >= 11 is 0. The summed E-state index contributed by atoms with van der Waals surface area (Å²) in [5, 5.41) is 15.0. The SMILES string of the molecule is COc1ccc(C(NC(=O)[C@@H]2Cc3cc([N+](=O)[O-])ccc3N3C[C@@H]4C[C@@H](Cn5c4cccc5=O)[C@@H]23)C(C)C)cc1OC. The van der Waals surface area contributed by atoms with Gasteiger partial charge >= 0.3 is 0 Å². The number of ether oxygens (including phenoxy) is 2. The van der Waals surface area contributed by atoms with Crippen LogP contribution in [-0.4, -0.2) is 42.2 Å². The second-order valence-electron chi connectivity index (χ2n) is 12.0. The van der Waals surface area contributed by atoms with E-state index in [2.05, 4.69) is 24.1 Å². The van der Waals surface area contributed by atoms with Crippen LogP contribution in [0, 0.1) is 27.9 Å². The Morgan fingerprint density at radius 3 is 2.55 bits per heavy atom. The predicted molar refractivity (Wildman–Crippen MR) is 158 cm³/mol. The number of fused-ring (bicyclic) bond motifs is 8. The molecule has 3 aromatic rings. The largest absolute Gasteiger partial charge is 0.493 e. The Morgan fingerprint density at radius 1 is 1.05 bits per heavy atom. The van der Waals surface area contributed by atoms with Crippen molar-refractivity contribution in [2.24, 2.45) is 17.8 Å². The molecule has 2 bridgehead atoms. The van der Waals surface area contributed by atoms with E-state index in [1.165, 1.54) is 0 Å². The summed E-state index contributed by atoms with van der Waals surface area (Å²) in [7, 11) is 3.17. The van der Waals surface area contributed by atoms with Gasteiger partial charge in [-0.25, -0.2) is 0 Å². The molecule has 5 atom stereocenters. The lowest BCUT2D eigenvalue weighted by molar-refractivity contribution is -0.384. The maximum atomic E-state index is 14.3. The third-order valence-corrected chi connectivity index (χ3v) is 9.27. The molecule has 1 fully saturated rings. The Bertz CT molecular complexity index is 1600. The topological polar surface area (TPSA) is 116 Å². The van der Waals surface area contributed by atoms with Gasteiger partial charge in [0.15, 0.2) is 11.5 Å². The molecule has 10 heteroatoms. The van der Waals surface area contributed by atoms with Crippen molar-refractivity contribution in [2.45, 2.75) is 51.2 Å². The number of nitro groups is 1. The fourth-order valence-electron chi connectivity index (χ4n) is 7.39. The Labute approximate surface area is 244 Å². The third kappa shape index (κ3) is 4.68. The number of methoxy groups -OCH3 is 2. The van der Waals surface area contributed by atoms with Gasteiger partial charge in [-0.05, 0) is 60.1 Å². The number of nitrogens with zero attached hydrogens (tertiary/aromatic N) is 3.